The van der Waals surface area contributed by atoms with Gasteiger partial charge in [0.2, 0.25) is 11.8 Å². The van der Waals surface area contributed by atoms with Crippen LogP contribution >= 0.6 is 15.9 Å². The first-order chi connectivity index (χ1) is 7.47. The molecule has 0 N–H and O–H groups in total. The molecular weight excluding hydrogens is 270 g/mol. The van der Waals surface area contributed by atoms with Gasteiger partial charge in [0.1, 0.15) is 0 Å². The van der Waals surface area contributed by atoms with Crippen LogP contribution in [-0.4, -0.2) is 28.1 Å². The molecule has 0 aliphatic carbocycles. The fourth-order valence-electron chi connectivity index (χ4n) is 2.03. The van der Waals surface area contributed by atoms with E-state index >= 15 is 0 Å². The van der Waals surface area contributed by atoms with Gasteiger partial charge in [-0.1, -0.05) is 43.1 Å². The second-order valence-corrected chi connectivity index (χ2v) is 5.83. The topological polar surface area (TPSA) is 37.4 Å². The van der Waals surface area contributed by atoms with E-state index in [1.807, 2.05) is 13.8 Å². The monoisotopic (exact) mass is 289 g/mol. The van der Waals surface area contributed by atoms with Crippen LogP contribution in [0.2, 0.25) is 0 Å². The van der Waals surface area contributed by atoms with Gasteiger partial charge in [0.15, 0.2) is 0 Å². The summed E-state index contributed by atoms with van der Waals surface area (Å²) in [5.74, 6) is 0.506. The molecule has 1 aliphatic heterocycles. The summed E-state index contributed by atoms with van der Waals surface area (Å²) < 4.78 is 0. The molecule has 1 rings (SSSR count). The minimum atomic E-state index is -0.239. The number of carbonyl (C=O) groups excluding carboxylic acids is 2. The Morgan fingerprint density at radius 1 is 1.56 bits per heavy atom. The average molecular weight is 290 g/mol. The largest absolute Gasteiger partial charge is 0.281 e. The van der Waals surface area contributed by atoms with Crippen LogP contribution in [0.3, 0.4) is 0 Å². The van der Waals surface area contributed by atoms with Crippen molar-refractivity contribution in [2.45, 2.75) is 44.9 Å². The second kappa shape index (κ2) is 5.80. The summed E-state index contributed by atoms with van der Waals surface area (Å²) in [6.07, 6.45) is 2.64. The van der Waals surface area contributed by atoms with Crippen LogP contribution in [0.1, 0.15) is 40.0 Å². The molecule has 1 saturated heterocycles. The molecule has 2 amide bonds. The Kier molecular flexibility index (Phi) is 4.96. The molecule has 3 nitrogen and oxygen atoms in total. The number of rotatable bonds is 4. The normalized spacial score (nSPS) is 22.9. The van der Waals surface area contributed by atoms with Gasteiger partial charge >= 0.3 is 0 Å². The molecule has 0 aromatic carbocycles. The van der Waals surface area contributed by atoms with Gasteiger partial charge in [-0.3, -0.25) is 14.5 Å². The Hall–Kier alpha value is -0.380. The summed E-state index contributed by atoms with van der Waals surface area (Å²) in [5, 5.41) is 0. The lowest BCUT2D eigenvalue weighted by Gasteiger charge is -2.20. The first-order valence-electron chi connectivity index (χ1n) is 5.95. The number of imide groups is 1. The fraction of sp³-hybridized carbons (Fsp3) is 0.833. The van der Waals surface area contributed by atoms with E-state index in [4.69, 9.17) is 0 Å². The van der Waals surface area contributed by atoms with Gasteiger partial charge in [0, 0.05) is 13.0 Å². The number of alkyl halides is 1. The van der Waals surface area contributed by atoms with Gasteiger partial charge in [-0.15, -0.1) is 0 Å². The molecule has 2 unspecified atom stereocenters. The van der Waals surface area contributed by atoms with E-state index in [1.54, 1.807) is 0 Å². The lowest BCUT2D eigenvalue weighted by Crippen LogP contribution is -2.39. The van der Waals surface area contributed by atoms with Crippen LogP contribution in [0.5, 0.6) is 0 Å². The van der Waals surface area contributed by atoms with Crippen LogP contribution in [0.25, 0.3) is 0 Å². The zero-order valence-corrected chi connectivity index (χ0v) is 11.8. The maximum atomic E-state index is 12.0. The number of hydrogen-bond acceptors (Lipinski definition) is 2. The van der Waals surface area contributed by atoms with E-state index in [1.165, 1.54) is 4.90 Å². The second-order valence-electron chi connectivity index (χ2n) is 4.85. The van der Waals surface area contributed by atoms with Crippen LogP contribution in [0.15, 0.2) is 0 Å². The van der Waals surface area contributed by atoms with Crippen molar-refractivity contribution in [1.82, 2.24) is 4.90 Å². The van der Waals surface area contributed by atoms with E-state index < -0.39 is 0 Å². The van der Waals surface area contributed by atoms with Gasteiger partial charge < -0.3 is 0 Å². The van der Waals surface area contributed by atoms with Gasteiger partial charge in [0.05, 0.1) is 4.83 Å². The predicted octanol–water partition coefficient (Wildman–Crippen LogP) is 2.58. The minimum Gasteiger partial charge on any atom is -0.281 e. The third kappa shape index (κ3) is 3.06. The molecule has 0 radical (unpaired) electrons. The number of nitrogens with zero attached hydrogens (tertiary/aromatic N) is 1. The van der Waals surface area contributed by atoms with E-state index in [9.17, 15) is 9.59 Å². The van der Waals surface area contributed by atoms with E-state index in [0.29, 0.717) is 18.9 Å². The number of amides is 2. The van der Waals surface area contributed by atoms with Gasteiger partial charge in [-0.05, 0) is 18.3 Å². The Bertz CT molecular complexity index is 278. The summed E-state index contributed by atoms with van der Waals surface area (Å²) in [5.41, 5.74) is 0. The molecule has 0 aromatic heterocycles. The lowest BCUT2D eigenvalue weighted by molar-refractivity contribution is -0.141. The quantitative estimate of drug-likeness (QED) is 0.746. The summed E-state index contributed by atoms with van der Waals surface area (Å²) in [6.45, 7) is 6.67. The van der Waals surface area contributed by atoms with Crippen molar-refractivity contribution in [2.75, 3.05) is 6.54 Å². The first-order valence-corrected chi connectivity index (χ1v) is 6.87. The van der Waals surface area contributed by atoms with Crippen molar-refractivity contribution in [3.63, 3.8) is 0 Å². The van der Waals surface area contributed by atoms with Crippen molar-refractivity contribution >= 4 is 27.7 Å². The van der Waals surface area contributed by atoms with Crippen molar-refractivity contribution in [1.29, 1.82) is 0 Å². The number of halogens is 1. The smallest absolute Gasteiger partial charge is 0.243 e. The minimum absolute atomic E-state index is 0.00597. The highest BCUT2D eigenvalue weighted by Gasteiger charge is 2.36. The summed E-state index contributed by atoms with van der Waals surface area (Å²) in [7, 11) is 0. The third-order valence-corrected chi connectivity index (χ3v) is 4.44. The highest BCUT2D eigenvalue weighted by molar-refractivity contribution is 9.10. The molecular formula is C12H20BrNO2. The SMILES string of the molecule is CCCC1CC(=O)N(C(=O)C(Br)C(C)C)C1. The molecule has 2 atom stereocenters. The molecule has 1 fully saturated rings. The van der Waals surface area contributed by atoms with Crippen LogP contribution in [-0.2, 0) is 9.59 Å². The third-order valence-electron chi connectivity index (χ3n) is 2.99. The van der Waals surface area contributed by atoms with Crippen LogP contribution < -0.4 is 0 Å². The molecule has 1 aliphatic rings. The van der Waals surface area contributed by atoms with Crippen molar-refractivity contribution in [3.05, 3.63) is 0 Å². The summed E-state index contributed by atoms with van der Waals surface area (Å²) >= 11 is 3.36. The van der Waals surface area contributed by atoms with Gasteiger partial charge in [-0.2, -0.15) is 0 Å². The van der Waals surface area contributed by atoms with Crippen LogP contribution in [0, 0.1) is 11.8 Å². The molecule has 92 valence electrons. The van der Waals surface area contributed by atoms with Crippen LogP contribution in [0.4, 0.5) is 0 Å². The Morgan fingerprint density at radius 2 is 2.19 bits per heavy atom. The molecule has 0 bridgehead atoms. The zero-order chi connectivity index (χ0) is 12.3. The van der Waals surface area contributed by atoms with E-state index in [-0.39, 0.29) is 22.6 Å². The Balaban J connectivity index is 2.61. The molecule has 0 aromatic rings. The maximum Gasteiger partial charge on any atom is 0.243 e. The first kappa shape index (κ1) is 13.7. The average Bonchev–Trinajstić information content (AvgIpc) is 2.58. The Labute approximate surface area is 106 Å². The van der Waals surface area contributed by atoms with E-state index in [2.05, 4.69) is 22.9 Å². The molecule has 16 heavy (non-hydrogen) atoms. The van der Waals surface area contributed by atoms with Crippen molar-refractivity contribution in [3.8, 4) is 0 Å². The zero-order valence-electron chi connectivity index (χ0n) is 10.2. The number of likely N-dealkylation sites (tertiary alicyclic amines) is 1. The van der Waals surface area contributed by atoms with Gasteiger partial charge in [0.25, 0.3) is 0 Å². The van der Waals surface area contributed by atoms with Gasteiger partial charge in [-0.25, -0.2) is 0 Å². The molecule has 4 heteroatoms. The summed E-state index contributed by atoms with van der Waals surface area (Å²) in [6, 6.07) is 0. The van der Waals surface area contributed by atoms with Crippen molar-refractivity contribution < 1.29 is 9.59 Å². The molecule has 0 saturated carbocycles. The highest BCUT2D eigenvalue weighted by atomic mass is 79.9. The predicted molar refractivity (Wildman–Crippen MR) is 67.3 cm³/mol. The molecule has 0 spiro atoms. The standard InChI is InChI=1S/C12H20BrNO2/c1-4-5-9-6-10(15)14(7-9)12(16)11(13)8(2)3/h8-9,11H,4-7H2,1-3H3. The Morgan fingerprint density at radius 3 is 2.69 bits per heavy atom. The molecule has 1 heterocycles. The van der Waals surface area contributed by atoms with E-state index in [0.717, 1.165) is 12.8 Å². The van der Waals surface area contributed by atoms with Crippen molar-refractivity contribution in [2.24, 2.45) is 11.8 Å². The maximum absolute atomic E-state index is 12.0. The fourth-order valence-corrected chi connectivity index (χ4v) is 2.28. The highest BCUT2D eigenvalue weighted by Crippen LogP contribution is 2.25. The number of hydrogen-bond donors (Lipinski definition) is 0. The lowest BCUT2D eigenvalue weighted by atomic mass is 10.0. The number of carbonyl (C=O) groups is 2. The summed E-state index contributed by atoms with van der Waals surface area (Å²) in [4.78, 5) is 24.9.